The summed E-state index contributed by atoms with van der Waals surface area (Å²) in [5.41, 5.74) is 5.36. The molecule has 1 aromatic carbocycles. The van der Waals surface area contributed by atoms with Gasteiger partial charge < -0.3 is 10.5 Å². The van der Waals surface area contributed by atoms with Crippen molar-refractivity contribution in [1.82, 2.24) is 0 Å². The number of hydrogen-bond acceptors (Lipinski definition) is 2. The van der Waals surface area contributed by atoms with Gasteiger partial charge in [0.15, 0.2) is 0 Å². The van der Waals surface area contributed by atoms with Crippen molar-refractivity contribution in [2.24, 2.45) is 11.7 Å². The Morgan fingerprint density at radius 2 is 2.06 bits per heavy atom. The van der Waals surface area contributed by atoms with Crippen LogP contribution in [-0.2, 0) is 6.18 Å². The second-order valence-corrected chi connectivity index (χ2v) is 4.74. The first kappa shape index (κ1) is 13.2. The van der Waals surface area contributed by atoms with E-state index in [1.807, 2.05) is 0 Å². The molecule has 0 saturated heterocycles. The van der Waals surface area contributed by atoms with Crippen molar-refractivity contribution in [2.75, 3.05) is 7.11 Å². The average Bonchev–Trinajstić information content (AvgIpc) is 3.11. The summed E-state index contributed by atoms with van der Waals surface area (Å²) in [6, 6.07) is 3.41. The summed E-state index contributed by atoms with van der Waals surface area (Å²) in [5, 5.41) is 0. The Labute approximate surface area is 104 Å². The number of hydrogen-bond donors (Lipinski definition) is 1. The van der Waals surface area contributed by atoms with Gasteiger partial charge in [-0.3, -0.25) is 0 Å². The fourth-order valence-corrected chi connectivity index (χ4v) is 2.07. The molecule has 0 spiro atoms. The molecule has 0 amide bonds. The summed E-state index contributed by atoms with van der Waals surface area (Å²) in [5.74, 6) is 0.688. The van der Waals surface area contributed by atoms with Gasteiger partial charge in [0.2, 0.25) is 0 Å². The Kier molecular flexibility index (Phi) is 3.52. The molecule has 0 bridgehead atoms. The van der Waals surface area contributed by atoms with Crippen molar-refractivity contribution in [3.63, 3.8) is 0 Å². The van der Waals surface area contributed by atoms with Crippen molar-refractivity contribution >= 4 is 0 Å². The maximum atomic E-state index is 13.0. The topological polar surface area (TPSA) is 35.2 Å². The van der Waals surface area contributed by atoms with Gasteiger partial charge in [0.25, 0.3) is 0 Å². The highest BCUT2D eigenvalue weighted by Crippen LogP contribution is 2.41. The quantitative estimate of drug-likeness (QED) is 0.898. The first-order chi connectivity index (χ1) is 8.41. The van der Waals surface area contributed by atoms with Crippen LogP contribution in [0.15, 0.2) is 18.2 Å². The highest BCUT2D eigenvalue weighted by atomic mass is 19.4. The van der Waals surface area contributed by atoms with Gasteiger partial charge in [-0.05, 0) is 30.0 Å². The molecule has 1 aromatic rings. The molecule has 18 heavy (non-hydrogen) atoms. The second-order valence-electron chi connectivity index (χ2n) is 4.74. The third kappa shape index (κ3) is 2.96. The molecular weight excluding hydrogens is 243 g/mol. The third-order valence-corrected chi connectivity index (χ3v) is 3.25. The van der Waals surface area contributed by atoms with Crippen LogP contribution in [0.25, 0.3) is 0 Å². The van der Waals surface area contributed by atoms with Gasteiger partial charge >= 0.3 is 6.18 Å². The molecule has 0 unspecified atom stereocenters. The maximum Gasteiger partial charge on any atom is 0.416 e. The Balaban J connectivity index is 2.31. The van der Waals surface area contributed by atoms with Crippen LogP contribution >= 0.6 is 0 Å². The van der Waals surface area contributed by atoms with E-state index in [1.54, 1.807) is 0 Å². The number of methoxy groups -OCH3 is 1. The lowest BCUT2D eigenvalue weighted by atomic mass is 9.96. The predicted octanol–water partition coefficient (Wildman–Crippen LogP) is 3.51. The second kappa shape index (κ2) is 4.80. The number of nitrogens with two attached hydrogens (primary N) is 1. The van der Waals surface area contributed by atoms with Crippen LogP contribution in [0, 0.1) is 5.92 Å². The summed E-state index contributed by atoms with van der Waals surface area (Å²) < 4.78 is 43.7. The van der Waals surface area contributed by atoms with E-state index in [0.29, 0.717) is 12.3 Å². The average molecular weight is 259 g/mol. The van der Waals surface area contributed by atoms with E-state index in [4.69, 9.17) is 10.5 Å². The lowest BCUT2D eigenvalue weighted by Gasteiger charge is -2.19. The molecule has 0 radical (unpaired) electrons. The molecule has 2 rings (SSSR count). The van der Waals surface area contributed by atoms with Crippen molar-refractivity contribution in [1.29, 1.82) is 0 Å². The van der Waals surface area contributed by atoms with E-state index in [2.05, 4.69) is 0 Å². The number of ether oxygens (including phenoxy) is 1. The number of benzene rings is 1. The van der Waals surface area contributed by atoms with Crippen LogP contribution in [0.1, 0.15) is 36.4 Å². The summed E-state index contributed by atoms with van der Waals surface area (Å²) in [7, 11) is 1.35. The highest BCUT2D eigenvalue weighted by molar-refractivity contribution is 5.39. The Hall–Kier alpha value is -1.23. The summed E-state index contributed by atoms with van der Waals surface area (Å²) >= 11 is 0. The minimum Gasteiger partial charge on any atom is -0.497 e. The molecule has 1 fully saturated rings. The van der Waals surface area contributed by atoms with E-state index < -0.39 is 17.8 Å². The molecule has 2 nitrogen and oxygen atoms in total. The van der Waals surface area contributed by atoms with Gasteiger partial charge in [0.1, 0.15) is 5.75 Å². The van der Waals surface area contributed by atoms with Crippen molar-refractivity contribution in [3.05, 3.63) is 29.3 Å². The van der Waals surface area contributed by atoms with Crippen LogP contribution in [0.4, 0.5) is 13.2 Å². The standard InChI is InChI=1S/C13H16F3NO/c1-18-9-4-5-10(11(7-9)13(14,15)16)12(17)6-8-2-3-8/h4-5,7-8,12H,2-3,6,17H2,1H3/t12-/m1/s1. The van der Waals surface area contributed by atoms with Crippen LogP contribution < -0.4 is 10.5 Å². The van der Waals surface area contributed by atoms with Gasteiger partial charge in [-0.15, -0.1) is 0 Å². The zero-order chi connectivity index (χ0) is 13.3. The van der Waals surface area contributed by atoms with E-state index in [-0.39, 0.29) is 11.3 Å². The summed E-state index contributed by atoms with van der Waals surface area (Å²) in [6.45, 7) is 0. The Morgan fingerprint density at radius 1 is 1.39 bits per heavy atom. The fraction of sp³-hybridized carbons (Fsp3) is 0.538. The maximum absolute atomic E-state index is 13.0. The predicted molar refractivity (Wildman–Crippen MR) is 62.3 cm³/mol. The molecule has 2 N–H and O–H groups in total. The summed E-state index contributed by atoms with van der Waals surface area (Å²) in [4.78, 5) is 0. The van der Waals surface area contributed by atoms with Gasteiger partial charge in [-0.25, -0.2) is 0 Å². The fourth-order valence-electron chi connectivity index (χ4n) is 2.07. The van der Waals surface area contributed by atoms with Crippen LogP contribution in [0.3, 0.4) is 0 Å². The molecule has 1 aliphatic carbocycles. The largest absolute Gasteiger partial charge is 0.497 e. The third-order valence-electron chi connectivity index (χ3n) is 3.25. The van der Waals surface area contributed by atoms with Crippen LogP contribution in [-0.4, -0.2) is 7.11 Å². The molecule has 5 heteroatoms. The van der Waals surface area contributed by atoms with Crippen LogP contribution in [0.2, 0.25) is 0 Å². The monoisotopic (exact) mass is 259 g/mol. The lowest BCUT2D eigenvalue weighted by Crippen LogP contribution is -2.18. The molecule has 1 saturated carbocycles. The van der Waals surface area contributed by atoms with E-state index >= 15 is 0 Å². The number of alkyl halides is 3. The number of halogens is 3. The molecule has 1 atom stereocenters. The number of rotatable bonds is 4. The summed E-state index contributed by atoms with van der Waals surface area (Å²) in [6.07, 6.45) is -1.63. The highest BCUT2D eigenvalue weighted by Gasteiger charge is 2.36. The van der Waals surface area contributed by atoms with Crippen molar-refractivity contribution < 1.29 is 17.9 Å². The van der Waals surface area contributed by atoms with Gasteiger partial charge in [-0.2, -0.15) is 13.2 Å². The van der Waals surface area contributed by atoms with Gasteiger partial charge in [0, 0.05) is 6.04 Å². The molecule has 0 aliphatic heterocycles. The SMILES string of the molecule is COc1ccc([C@H](N)CC2CC2)c(C(F)(F)F)c1. The van der Waals surface area contributed by atoms with E-state index in [0.717, 1.165) is 18.9 Å². The first-order valence-corrected chi connectivity index (χ1v) is 5.92. The van der Waals surface area contributed by atoms with E-state index in [9.17, 15) is 13.2 Å². The van der Waals surface area contributed by atoms with Gasteiger partial charge in [0.05, 0.1) is 12.7 Å². The minimum atomic E-state index is -4.40. The Morgan fingerprint density at radius 3 is 2.56 bits per heavy atom. The zero-order valence-electron chi connectivity index (χ0n) is 10.1. The molecule has 0 heterocycles. The molecular formula is C13H16F3NO. The lowest BCUT2D eigenvalue weighted by molar-refractivity contribution is -0.138. The molecule has 0 aromatic heterocycles. The van der Waals surface area contributed by atoms with Crippen molar-refractivity contribution in [2.45, 2.75) is 31.5 Å². The molecule has 1 aliphatic rings. The smallest absolute Gasteiger partial charge is 0.416 e. The minimum absolute atomic E-state index is 0.162. The molecule has 100 valence electrons. The van der Waals surface area contributed by atoms with Crippen LogP contribution in [0.5, 0.6) is 5.75 Å². The van der Waals surface area contributed by atoms with Crippen molar-refractivity contribution in [3.8, 4) is 5.75 Å². The Bertz CT molecular complexity index is 427. The van der Waals surface area contributed by atoms with E-state index in [1.165, 1.54) is 19.2 Å². The zero-order valence-corrected chi connectivity index (χ0v) is 10.1. The first-order valence-electron chi connectivity index (χ1n) is 5.92. The normalized spacial score (nSPS) is 17.6. The van der Waals surface area contributed by atoms with Gasteiger partial charge in [-0.1, -0.05) is 18.9 Å².